The summed E-state index contributed by atoms with van der Waals surface area (Å²) >= 11 is 0. The molecular weight excluding hydrogens is 658 g/mol. The van der Waals surface area contributed by atoms with E-state index in [-0.39, 0.29) is 41.7 Å². The zero-order chi connectivity index (χ0) is 37.0. The summed E-state index contributed by atoms with van der Waals surface area (Å²) in [5.41, 5.74) is 10.0. The smallest absolute Gasteiger partial charge is 0.237 e. The molecule has 52 heavy (non-hydrogen) atoms. The number of hydrogen-bond acceptors (Lipinski definition) is 9. The monoisotopic (exact) mass is 705 g/mol. The van der Waals surface area contributed by atoms with Crippen LogP contribution in [-0.2, 0) is 9.59 Å². The van der Waals surface area contributed by atoms with Crippen LogP contribution in [0.15, 0.2) is 65.7 Å². The SMILES string of the molecule is CN/C=N\C(=N)c1ccc(C2=CCN(C(=O)CN3CC[C@]4(CCN(c5ccc(N)c(C(=N)c6ccc(OC(C)C)c(OC)c6)n5)C4=O)C3)CC2)cc1. The van der Waals surface area contributed by atoms with E-state index in [9.17, 15) is 9.59 Å². The lowest BCUT2D eigenvalue weighted by atomic mass is 9.85. The number of benzene rings is 2. The van der Waals surface area contributed by atoms with Crippen molar-refractivity contribution in [1.29, 1.82) is 10.8 Å². The lowest BCUT2D eigenvalue weighted by Crippen LogP contribution is -2.43. The fourth-order valence-corrected chi connectivity index (χ4v) is 7.13. The quantitative estimate of drug-likeness (QED) is 0.170. The molecule has 1 aromatic heterocycles. The van der Waals surface area contributed by atoms with Crippen LogP contribution in [-0.4, -0.2) is 104 Å². The number of hydrogen-bond donors (Lipinski definition) is 4. The average Bonchev–Trinajstić information content (AvgIpc) is 3.71. The highest BCUT2D eigenvalue weighted by Crippen LogP contribution is 2.42. The maximum absolute atomic E-state index is 14.0. The van der Waals surface area contributed by atoms with Crippen molar-refractivity contribution in [2.24, 2.45) is 10.4 Å². The largest absolute Gasteiger partial charge is 0.493 e. The first-order chi connectivity index (χ1) is 25.0. The summed E-state index contributed by atoms with van der Waals surface area (Å²) in [6.07, 6.45) is 5.64. The van der Waals surface area contributed by atoms with Gasteiger partial charge in [-0.1, -0.05) is 30.3 Å². The molecule has 0 saturated carbocycles. The molecule has 0 radical (unpaired) electrons. The summed E-state index contributed by atoms with van der Waals surface area (Å²) in [6.45, 7) is 6.99. The molecule has 0 bridgehead atoms. The predicted octanol–water partition coefficient (Wildman–Crippen LogP) is 4.19. The Kier molecular flexibility index (Phi) is 10.7. The molecule has 3 aliphatic rings. The van der Waals surface area contributed by atoms with Crippen molar-refractivity contribution < 1.29 is 19.1 Å². The number of pyridine rings is 1. The molecule has 2 amide bonds. The number of amides is 2. The molecule has 0 aliphatic carbocycles. The molecule has 13 nitrogen and oxygen atoms in total. The molecule has 1 atom stereocenters. The van der Waals surface area contributed by atoms with Crippen molar-refractivity contribution in [3.8, 4) is 11.5 Å². The van der Waals surface area contributed by atoms with E-state index in [1.807, 2.05) is 43.0 Å². The van der Waals surface area contributed by atoms with E-state index in [1.165, 1.54) is 11.9 Å². The van der Waals surface area contributed by atoms with Gasteiger partial charge in [-0.2, -0.15) is 0 Å². The molecule has 5 N–H and O–H groups in total. The topological polar surface area (TPSA) is 173 Å². The first-order valence-electron chi connectivity index (χ1n) is 17.6. The Labute approximate surface area is 304 Å². The Morgan fingerprint density at radius 1 is 1.06 bits per heavy atom. The van der Waals surface area contributed by atoms with Crippen molar-refractivity contribution in [1.82, 2.24) is 20.1 Å². The van der Waals surface area contributed by atoms with Crippen LogP contribution in [0.2, 0.25) is 0 Å². The van der Waals surface area contributed by atoms with Crippen LogP contribution in [0, 0.1) is 16.2 Å². The van der Waals surface area contributed by atoms with Gasteiger partial charge >= 0.3 is 0 Å². The third kappa shape index (κ3) is 7.54. The number of aromatic nitrogens is 1. The number of nitrogens with one attached hydrogen (secondary N) is 3. The molecule has 272 valence electrons. The van der Waals surface area contributed by atoms with Crippen LogP contribution in [0.5, 0.6) is 11.5 Å². The van der Waals surface area contributed by atoms with Crippen molar-refractivity contribution in [2.45, 2.75) is 39.2 Å². The van der Waals surface area contributed by atoms with Crippen LogP contribution in [0.3, 0.4) is 0 Å². The first-order valence-corrected chi connectivity index (χ1v) is 17.6. The summed E-state index contributed by atoms with van der Waals surface area (Å²) in [5.74, 6) is 1.79. The van der Waals surface area contributed by atoms with Gasteiger partial charge in [0, 0.05) is 44.4 Å². The third-order valence-electron chi connectivity index (χ3n) is 9.96. The lowest BCUT2D eigenvalue weighted by Gasteiger charge is -2.29. The number of nitrogens with zero attached hydrogens (tertiary/aromatic N) is 5. The van der Waals surface area contributed by atoms with Gasteiger partial charge in [0.05, 0.1) is 42.9 Å². The summed E-state index contributed by atoms with van der Waals surface area (Å²) in [5, 5.41) is 19.8. The summed E-state index contributed by atoms with van der Waals surface area (Å²) in [7, 11) is 3.30. The molecule has 3 aliphatic heterocycles. The Hall–Kier alpha value is -5.56. The van der Waals surface area contributed by atoms with Gasteiger partial charge in [-0.25, -0.2) is 9.98 Å². The average molecular weight is 706 g/mol. The second-order valence-corrected chi connectivity index (χ2v) is 13.8. The number of carbonyl (C=O) groups is 2. The van der Waals surface area contributed by atoms with Gasteiger partial charge < -0.3 is 25.4 Å². The van der Waals surface area contributed by atoms with E-state index in [4.69, 9.17) is 31.0 Å². The number of nitrogen functional groups attached to an aromatic ring is 1. The molecule has 6 rings (SSSR count). The highest BCUT2D eigenvalue weighted by Gasteiger charge is 2.51. The number of nitrogens with two attached hydrogens (primary N) is 1. The number of anilines is 2. The normalized spacial score (nSPS) is 19.1. The van der Waals surface area contributed by atoms with Crippen LogP contribution in [0.4, 0.5) is 11.5 Å². The van der Waals surface area contributed by atoms with E-state index < -0.39 is 5.41 Å². The molecule has 4 heterocycles. The van der Waals surface area contributed by atoms with Gasteiger partial charge in [0.1, 0.15) is 11.5 Å². The number of methoxy groups -OCH3 is 1. The Morgan fingerprint density at radius 2 is 1.81 bits per heavy atom. The standard InChI is InChI=1S/C39H47N9O4/c1-25(2)52-31-11-9-29(21-32(31)51-4)35(41)36-30(40)10-12-33(45-36)48-20-16-39(38(48)50)15-19-46(23-39)22-34(49)47-17-13-27(14-18-47)26-5-7-28(8-6-26)37(42)44-24-43-3/h5-13,21,24-25,41H,14-20,22-23,40H2,1-4H3,(H2,42,43,44)/t39-/m0/s1. The minimum atomic E-state index is -0.577. The minimum Gasteiger partial charge on any atom is -0.493 e. The summed E-state index contributed by atoms with van der Waals surface area (Å²) in [4.78, 5) is 41.8. The molecule has 2 aromatic carbocycles. The Morgan fingerprint density at radius 3 is 2.50 bits per heavy atom. The van der Waals surface area contributed by atoms with Crippen molar-refractivity contribution in [3.63, 3.8) is 0 Å². The van der Waals surface area contributed by atoms with Crippen LogP contribution in [0.25, 0.3) is 5.57 Å². The number of rotatable bonds is 11. The van der Waals surface area contributed by atoms with Gasteiger partial charge in [0.25, 0.3) is 0 Å². The third-order valence-corrected chi connectivity index (χ3v) is 9.96. The highest BCUT2D eigenvalue weighted by atomic mass is 16.5. The van der Waals surface area contributed by atoms with Crippen LogP contribution in [0.1, 0.15) is 55.5 Å². The number of ether oxygens (including phenoxy) is 2. The Balaban J connectivity index is 1.06. The minimum absolute atomic E-state index is 0.00500. The number of carbonyl (C=O) groups excluding carboxylic acids is 2. The summed E-state index contributed by atoms with van der Waals surface area (Å²) in [6, 6.07) is 16.5. The van der Waals surface area contributed by atoms with Crippen LogP contribution >= 0.6 is 0 Å². The van der Waals surface area contributed by atoms with Gasteiger partial charge in [-0.05, 0) is 81.1 Å². The predicted molar refractivity (Wildman–Crippen MR) is 204 cm³/mol. The lowest BCUT2D eigenvalue weighted by molar-refractivity contribution is -0.132. The highest BCUT2D eigenvalue weighted by molar-refractivity contribution is 6.13. The van der Waals surface area contributed by atoms with E-state index >= 15 is 0 Å². The van der Waals surface area contributed by atoms with Gasteiger partial charge in [0.15, 0.2) is 17.3 Å². The maximum atomic E-state index is 14.0. The zero-order valence-electron chi connectivity index (χ0n) is 30.2. The number of aliphatic imine (C=N–C) groups is 1. The second-order valence-electron chi connectivity index (χ2n) is 13.8. The second kappa shape index (κ2) is 15.4. The maximum Gasteiger partial charge on any atom is 0.237 e. The van der Waals surface area contributed by atoms with Crippen molar-refractivity contribution >= 4 is 46.8 Å². The number of likely N-dealkylation sites (tertiary alicyclic amines) is 1. The molecule has 2 fully saturated rings. The molecule has 2 saturated heterocycles. The fraction of sp³-hybridized carbons (Fsp3) is 0.385. The Bertz CT molecular complexity index is 1920. The zero-order valence-corrected chi connectivity index (χ0v) is 30.2. The van der Waals surface area contributed by atoms with E-state index in [0.717, 1.165) is 17.5 Å². The van der Waals surface area contributed by atoms with E-state index in [0.29, 0.717) is 74.1 Å². The van der Waals surface area contributed by atoms with E-state index in [2.05, 4.69) is 21.3 Å². The fourth-order valence-electron chi connectivity index (χ4n) is 7.13. The van der Waals surface area contributed by atoms with Gasteiger partial charge in [0.2, 0.25) is 11.8 Å². The van der Waals surface area contributed by atoms with Crippen molar-refractivity contribution in [2.75, 3.05) is 64.1 Å². The number of amidine groups is 1. The van der Waals surface area contributed by atoms with Gasteiger partial charge in [-0.3, -0.25) is 30.2 Å². The molecule has 3 aromatic rings. The molecule has 0 unspecified atom stereocenters. The first kappa shape index (κ1) is 36.2. The van der Waals surface area contributed by atoms with Gasteiger partial charge in [-0.15, -0.1) is 0 Å². The van der Waals surface area contributed by atoms with Crippen LogP contribution < -0.4 is 25.4 Å². The summed E-state index contributed by atoms with van der Waals surface area (Å²) < 4.78 is 11.3. The molecule has 13 heteroatoms. The van der Waals surface area contributed by atoms with Crippen molar-refractivity contribution in [3.05, 3.63) is 83.1 Å². The molecular formula is C39H47N9O4. The molecule has 1 spiro atoms. The van der Waals surface area contributed by atoms with E-state index in [1.54, 1.807) is 49.4 Å².